The van der Waals surface area contributed by atoms with Crippen molar-refractivity contribution in [1.29, 1.82) is 0 Å². The van der Waals surface area contributed by atoms with Gasteiger partial charge in [-0.25, -0.2) is 8.42 Å². The lowest BCUT2D eigenvalue weighted by molar-refractivity contribution is -0.123. The summed E-state index contributed by atoms with van der Waals surface area (Å²) in [6.07, 6.45) is 3.32. The molecule has 0 bridgehead atoms. The van der Waals surface area contributed by atoms with Crippen molar-refractivity contribution in [1.82, 2.24) is 0 Å². The summed E-state index contributed by atoms with van der Waals surface area (Å²) in [6, 6.07) is 9.35. The molecule has 2 N–H and O–H groups in total. The molecule has 0 aromatic heterocycles. The smallest absolute Gasteiger partial charge is 0.408 e. The molecule has 0 saturated heterocycles. The number of anilines is 2. The zero-order valence-corrected chi connectivity index (χ0v) is 22.9. The van der Waals surface area contributed by atoms with Crippen LogP contribution in [0.25, 0.3) is 0 Å². The monoisotopic (exact) mass is 642 g/mol. The van der Waals surface area contributed by atoms with E-state index < -0.39 is 22.0 Å². The van der Waals surface area contributed by atoms with E-state index in [9.17, 15) is 22.0 Å². The quantitative estimate of drug-likeness (QED) is 0.246. The number of alkyl halides is 2. The molecule has 1 fully saturated rings. The first kappa shape index (κ1) is 27.8. The molecule has 0 aliphatic heterocycles. The van der Waals surface area contributed by atoms with E-state index >= 15 is 0 Å². The van der Waals surface area contributed by atoms with E-state index in [-0.39, 0.29) is 40.5 Å². The second-order valence-electron chi connectivity index (χ2n) is 7.94. The van der Waals surface area contributed by atoms with Crippen LogP contribution >= 0.6 is 32.2 Å². The number of ether oxygens (including phenoxy) is 2. The summed E-state index contributed by atoms with van der Waals surface area (Å²) < 4.78 is 70.1. The number of carbonyl (C=O) groups excluding carboxylic acids is 1. The molecule has 1 amide bonds. The average molecular weight is 642 g/mol. The second kappa shape index (κ2) is 12.0. The van der Waals surface area contributed by atoms with E-state index in [1.54, 1.807) is 29.9 Å². The van der Waals surface area contributed by atoms with Gasteiger partial charge in [0, 0.05) is 17.8 Å². The van der Waals surface area contributed by atoms with Crippen LogP contribution in [-0.2, 0) is 17.9 Å². The molecule has 1 saturated carbocycles. The molecule has 1 unspecified atom stereocenters. The first-order chi connectivity index (χ1) is 16.5. The normalized spacial score (nSPS) is 15.5. The molecule has 8 nitrogen and oxygen atoms in total. The van der Waals surface area contributed by atoms with Crippen molar-refractivity contribution in [2.45, 2.75) is 49.5 Å². The molecule has 2 atom stereocenters. The molecule has 1 aliphatic carbocycles. The van der Waals surface area contributed by atoms with Gasteiger partial charge >= 0.3 is 5.85 Å². The van der Waals surface area contributed by atoms with Crippen LogP contribution in [0.3, 0.4) is 0 Å². The molecule has 35 heavy (non-hydrogen) atoms. The molecule has 2 aromatic rings. The Hall–Kier alpha value is -1.76. The van der Waals surface area contributed by atoms with E-state index in [4.69, 9.17) is 7.80 Å². The number of amides is 1. The number of rotatable bonds is 11. The number of hydrogen-bond acceptors (Lipinski definition) is 6. The fraction of sp³-hybridized carbons (Fsp3) is 0.409. The van der Waals surface area contributed by atoms with Crippen LogP contribution in [0.2, 0.25) is 0 Å². The van der Waals surface area contributed by atoms with Gasteiger partial charge in [0.1, 0.15) is 39.4 Å². The lowest BCUT2D eigenvalue weighted by atomic mass is 10.0. The fourth-order valence-electron chi connectivity index (χ4n) is 3.87. The van der Waals surface area contributed by atoms with Crippen molar-refractivity contribution in [2.75, 3.05) is 16.6 Å². The van der Waals surface area contributed by atoms with Gasteiger partial charge in [-0.2, -0.15) is 8.78 Å². The van der Waals surface area contributed by atoms with E-state index in [1.165, 1.54) is 45.6 Å². The first-order valence-corrected chi connectivity index (χ1v) is 13.8. The maximum absolute atomic E-state index is 13.1. The van der Waals surface area contributed by atoms with Crippen LogP contribution in [-0.4, -0.2) is 32.9 Å². The van der Waals surface area contributed by atoms with Gasteiger partial charge in [0.25, 0.3) is 15.9 Å². The fourth-order valence-corrected chi connectivity index (χ4v) is 5.83. The number of halogens is 3. The number of hydrogen-bond donors (Lipinski definition) is 2. The second-order valence-corrected chi connectivity index (χ2v) is 10.8. The zero-order chi connectivity index (χ0) is 25.6. The van der Waals surface area contributed by atoms with Gasteiger partial charge in [-0.3, -0.25) is 9.52 Å². The predicted octanol–water partition coefficient (Wildman–Crippen LogP) is 5.55. The number of sulfonamides is 1. The minimum absolute atomic E-state index is 0.0227. The summed E-state index contributed by atoms with van der Waals surface area (Å²) in [4.78, 5) is 12.6. The topological polar surface area (TPSA) is 103 Å². The molecule has 192 valence electrons. The Kier molecular flexibility index (Phi) is 9.53. The molecule has 0 spiro atoms. The van der Waals surface area contributed by atoms with Crippen LogP contribution in [0.15, 0.2) is 47.4 Å². The van der Waals surface area contributed by atoms with Gasteiger partial charge in [-0.1, -0.05) is 18.9 Å². The number of benzene rings is 2. The van der Waals surface area contributed by atoms with Crippen LogP contribution in [0.5, 0.6) is 11.5 Å². The third-order valence-corrected chi connectivity index (χ3v) is 7.41. The standard InChI is InChI=1S/C22H26F2IN2O6PS/c1-2-31-18-13-15(26-21(28)20(33-25)14-6-3-4-7-14)10-11-19(18)35(29,30)27-16-8-5-9-17(12-16)32-22(23,24)34/h5,8-14,20,27H,2-4,6-7,34H2,1H3,(H,26,28)/t20-/m0/s1. The van der Waals surface area contributed by atoms with E-state index in [0.717, 1.165) is 31.7 Å². The van der Waals surface area contributed by atoms with E-state index in [0.29, 0.717) is 5.69 Å². The maximum atomic E-state index is 13.1. The van der Waals surface area contributed by atoms with Crippen LogP contribution in [0.1, 0.15) is 32.6 Å². The van der Waals surface area contributed by atoms with Gasteiger partial charge in [0.15, 0.2) is 6.10 Å². The Labute approximate surface area is 219 Å². The Morgan fingerprint density at radius 3 is 2.54 bits per heavy atom. The molecular formula is C22H26F2IN2O6PS. The Bertz CT molecular complexity index is 1140. The maximum Gasteiger partial charge on any atom is 0.408 e. The van der Waals surface area contributed by atoms with Gasteiger partial charge in [-0.15, -0.1) is 0 Å². The van der Waals surface area contributed by atoms with Crippen molar-refractivity contribution in [3.8, 4) is 11.5 Å². The lowest BCUT2D eigenvalue weighted by Gasteiger charge is -2.20. The van der Waals surface area contributed by atoms with E-state index in [1.807, 2.05) is 0 Å². The molecule has 2 aromatic carbocycles. The third kappa shape index (κ3) is 7.86. The lowest BCUT2D eigenvalue weighted by Crippen LogP contribution is -2.34. The molecule has 1 aliphatic rings. The highest BCUT2D eigenvalue weighted by molar-refractivity contribution is 14.1. The molecule has 0 radical (unpaired) electrons. The molecular weight excluding hydrogens is 616 g/mol. The Morgan fingerprint density at radius 2 is 1.91 bits per heavy atom. The summed E-state index contributed by atoms with van der Waals surface area (Å²) in [5.41, 5.74) is 0.377. The number of nitrogens with one attached hydrogen (secondary N) is 2. The zero-order valence-electron chi connectivity index (χ0n) is 18.8. The SMILES string of the molecule is CCOc1cc(NC(=O)[C@@H](OI)C2CCCC2)ccc1S(=O)(=O)Nc1cccc(OC(F)(F)P)c1. The molecule has 13 heteroatoms. The van der Waals surface area contributed by atoms with Crippen LogP contribution in [0, 0.1) is 5.92 Å². The number of carbonyl (C=O) groups is 1. The van der Waals surface area contributed by atoms with Crippen molar-refractivity contribution in [3.05, 3.63) is 42.5 Å². The summed E-state index contributed by atoms with van der Waals surface area (Å²) >= 11 is 1.73. The summed E-state index contributed by atoms with van der Waals surface area (Å²) in [5.74, 6) is -3.88. The predicted molar refractivity (Wildman–Crippen MR) is 140 cm³/mol. The Balaban J connectivity index is 1.81. The first-order valence-electron chi connectivity index (χ1n) is 10.9. The highest BCUT2D eigenvalue weighted by atomic mass is 127. The van der Waals surface area contributed by atoms with Crippen LogP contribution in [0.4, 0.5) is 20.2 Å². The van der Waals surface area contributed by atoms with Gasteiger partial charge in [0.2, 0.25) is 0 Å². The minimum atomic E-state index is -4.17. The van der Waals surface area contributed by atoms with Gasteiger partial charge in [-0.05, 0) is 59.2 Å². The summed E-state index contributed by atoms with van der Waals surface area (Å²) in [6.45, 7) is 1.87. The third-order valence-electron chi connectivity index (χ3n) is 5.32. The summed E-state index contributed by atoms with van der Waals surface area (Å²) in [7, 11) is -2.92. The van der Waals surface area contributed by atoms with Crippen molar-refractivity contribution >= 4 is 59.6 Å². The van der Waals surface area contributed by atoms with Crippen molar-refractivity contribution < 1.29 is 34.5 Å². The molecule has 0 heterocycles. The van der Waals surface area contributed by atoms with Crippen LogP contribution < -0.4 is 19.5 Å². The summed E-state index contributed by atoms with van der Waals surface area (Å²) in [5, 5.41) is 2.77. The van der Waals surface area contributed by atoms with Crippen molar-refractivity contribution in [2.24, 2.45) is 5.92 Å². The van der Waals surface area contributed by atoms with Gasteiger partial charge < -0.3 is 17.9 Å². The van der Waals surface area contributed by atoms with Gasteiger partial charge in [0.05, 0.1) is 12.3 Å². The minimum Gasteiger partial charge on any atom is -0.492 e. The Morgan fingerprint density at radius 1 is 1.20 bits per heavy atom. The van der Waals surface area contributed by atoms with Crippen molar-refractivity contribution in [3.63, 3.8) is 0 Å². The largest absolute Gasteiger partial charge is 0.492 e. The molecule has 3 rings (SSSR count). The van der Waals surface area contributed by atoms with E-state index in [2.05, 4.69) is 14.8 Å². The average Bonchev–Trinajstić information content (AvgIpc) is 3.27. The highest BCUT2D eigenvalue weighted by Gasteiger charge is 2.32. The highest BCUT2D eigenvalue weighted by Crippen LogP contribution is 2.34.